The fourth-order valence-electron chi connectivity index (χ4n) is 5.39. The van der Waals surface area contributed by atoms with Crippen molar-refractivity contribution in [3.8, 4) is 0 Å². The second-order valence-electron chi connectivity index (χ2n) is 8.93. The molecule has 0 saturated carbocycles. The van der Waals surface area contributed by atoms with Crippen LogP contribution in [0.3, 0.4) is 0 Å². The van der Waals surface area contributed by atoms with Crippen LogP contribution in [0.15, 0.2) is 41.8 Å². The molecule has 1 aromatic carbocycles. The third-order valence-electron chi connectivity index (χ3n) is 6.83. The van der Waals surface area contributed by atoms with Crippen molar-refractivity contribution in [1.82, 2.24) is 9.78 Å². The molecule has 6 nitrogen and oxygen atoms in total. The lowest BCUT2D eigenvalue weighted by Crippen LogP contribution is -2.49. The number of aliphatic hydroxyl groups is 1. The molecule has 4 rings (SSSR count). The summed E-state index contributed by atoms with van der Waals surface area (Å²) in [5.41, 5.74) is 2.14. The van der Waals surface area contributed by atoms with Gasteiger partial charge in [-0.3, -0.25) is 9.48 Å². The number of allylic oxidation sites excluding steroid dienone is 2. The van der Waals surface area contributed by atoms with E-state index in [1.165, 1.54) is 0 Å². The molecule has 1 aromatic heterocycles. The number of benzene rings is 1. The maximum atomic E-state index is 12.7. The van der Waals surface area contributed by atoms with Gasteiger partial charge in [0.15, 0.2) is 0 Å². The Balaban J connectivity index is 1.77. The van der Waals surface area contributed by atoms with Crippen LogP contribution in [0.25, 0.3) is 4.85 Å². The van der Waals surface area contributed by atoms with Crippen LogP contribution in [-0.4, -0.2) is 20.8 Å². The van der Waals surface area contributed by atoms with Crippen LogP contribution in [0.4, 0.5) is 5.82 Å². The quantitative estimate of drug-likeness (QED) is 0.736. The largest absolute Gasteiger partial charge is 0.523 e. The van der Waals surface area contributed by atoms with Gasteiger partial charge in [-0.1, -0.05) is 39.0 Å². The average molecular weight is 390 g/mol. The molecule has 2 N–H and O–H groups in total. The number of aryl methyl sites for hydroxylation is 1. The van der Waals surface area contributed by atoms with Crippen LogP contribution < -0.4 is 5.32 Å². The summed E-state index contributed by atoms with van der Waals surface area (Å²) in [6.07, 6.45) is 2.11. The van der Waals surface area contributed by atoms with Crippen LogP contribution in [-0.2, 0) is 18.9 Å². The van der Waals surface area contributed by atoms with Crippen LogP contribution in [0, 0.1) is 17.9 Å². The van der Waals surface area contributed by atoms with Gasteiger partial charge in [-0.15, -0.1) is 0 Å². The lowest BCUT2D eigenvalue weighted by molar-refractivity contribution is 0.0627. The van der Waals surface area contributed by atoms with Crippen molar-refractivity contribution in [2.75, 3.05) is 5.32 Å². The van der Waals surface area contributed by atoms with Crippen molar-refractivity contribution in [3.05, 3.63) is 70.0 Å². The van der Waals surface area contributed by atoms with E-state index >= 15 is 0 Å². The highest BCUT2D eigenvalue weighted by Gasteiger charge is 2.55. The van der Waals surface area contributed by atoms with Crippen LogP contribution in [0.5, 0.6) is 0 Å². The maximum Gasteiger partial charge on any atom is 0.256 e. The molecule has 6 heteroatoms. The van der Waals surface area contributed by atoms with Gasteiger partial charge in [-0.25, -0.2) is 4.85 Å². The Hall–Kier alpha value is -3.07. The highest BCUT2D eigenvalue weighted by Crippen LogP contribution is 2.58. The van der Waals surface area contributed by atoms with Crippen molar-refractivity contribution < 1.29 is 9.90 Å². The normalized spacial score (nSPS) is 25.0. The molecule has 0 unspecified atom stereocenters. The van der Waals surface area contributed by atoms with Gasteiger partial charge in [0.05, 0.1) is 12.3 Å². The summed E-state index contributed by atoms with van der Waals surface area (Å²) in [5.74, 6) is 0.939. The predicted octanol–water partition coefficient (Wildman–Crippen LogP) is 4.61. The molecule has 0 aliphatic heterocycles. The van der Waals surface area contributed by atoms with E-state index in [2.05, 4.69) is 17.1 Å². The molecule has 29 heavy (non-hydrogen) atoms. The minimum atomic E-state index is -0.491. The molecule has 2 aliphatic rings. The number of rotatable bonds is 2. The van der Waals surface area contributed by atoms with Crippen molar-refractivity contribution >= 4 is 11.7 Å². The summed E-state index contributed by atoms with van der Waals surface area (Å²) in [6.45, 7) is 13.7. The molecule has 1 amide bonds. The minimum absolute atomic E-state index is 0.160. The number of hydrogen-bond acceptors (Lipinski definition) is 3. The van der Waals surface area contributed by atoms with E-state index in [4.69, 9.17) is 11.7 Å². The smallest absolute Gasteiger partial charge is 0.256 e. The molecule has 2 aliphatic carbocycles. The number of nitrogens with one attached hydrogen (secondary N) is 1. The Morgan fingerprint density at radius 1 is 1.31 bits per heavy atom. The summed E-state index contributed by atoms with van der Waals surface area (Å²) >= 11 is 0. The number of carbonyl (C=O) groups is 1. The third-order valence-corrected chi connectivity index (χ3v) is 6.83. The first-order valence-electron chi connectivity index (χ1n) is 9.93. The van der Waals surface area contributed by atoms with Gasteiger partial charge in [0.25, 0.3) is 5.91 Å². The minimum Gasteiger partial charge on any atom is -0.523 e. The lowest BCUT2D eigenvalue weighted by Gasteiger charge is -2.51. The number of amides is 1. The number of nitrogens with zero attached hydrogens (tertiary/aromatic N) is 3. The molecule has 0 bridgehead atoms. The Bertz CT molecular complexity index is 1060. The van der Waals surface area contributed by atoms with Crippen molar-refractivity contribution in [3.63, 3.8) is 0 Å². The Morgan fingerprint density at radius 3 is 2.66 bits per heavy atom. The van der Waals surface area contributed by atoms with Crippen LogP contribution in [0.2, 0.25) is 0 Å². The van der Waals surface area contributed by atoms with Crippen LogP contribution in [0.1, 0.15) is 55.2 Å². The molecule has 0 radical (unpaired) electrons. The molecule has 0 fully saturated rings. The molecule has 150 valence electrons. The Kier molecular flexibility index (Phi) is 4.30. The van der Waals surface area contributed by atoms with E-state index in [-0.39, 0.29) is 23.0 Å². The summed E-state index contributed by atoms with van der Waals surface area (Å²) in [5, 5.41) is 18.5. The average Bonchev–Trinajstić information content (AvgIpc) is 3.02. The van der Waals surface area contributed by atoms with Gasteiger partial charge >= 0.3 is 0 Å². The summed E-state index contributed by atoms with van der Waals surface area (Å²) < 4.78 is 1.74. The summed E-state index contributed by atoms with van der Waals surface area (Å²) in [7, 11) is 1.84. The van der Waals surface area contributed by atoms with E-state index in [0.29, 0.717) is 17.7 Å². The molecular formula is C23H26N4O2. The monoisotopic (exact) mass is 390 g/mol. The molecule has 0 saturated heterocycles. The van der Waals surface area contributed by atoms with E-state index in [0.717, 1.165) is 29.9 Å². The van der Waals surface area contributed by atoms with Crippen molar-refractivity contribution in [2.45, 2.75) is 45.4 Å². The van der Waals surface area contributed by atoms with E-state index in [9.17, 15) is 9.90 Å². The zero-order valence-electron chi connectivity index (χ0n) is 17.3. The van der Waals surface area contributed by atoms with Gasteiger partial charge in [-0.05, 0) is 37.3 Å². The first kappa shape index (κ1) is 19.3. The first-order valence-corrected chi connectivity index (χ1v) is 9.93. The van der Waals surface area contributed by atoms with Gasteiger partial charge < -0.3 is 10.4 Å². The third kappa shape index (κ3) is 2.76. The predicted molar refractivity (Wildman–Crippen MR) is 111 cm³/mol. The van der Waals surface area contributed by atoms with Crippen molar-refractivity contribution in [1.29, 1.82) is 0 Å². The SMILES string of the molecule is [C-]#[N+]C1=C(O)C(C)(C)[C@@H]2CCc3c(nn(C)c3NC(=O)c3ccccc3)[C@@]2(C)C1. The van der Waals surface area contributed by atoms with Gasteiger partial charge in [-0.2, -0.15) is 5.10 Å². The molecule has 2 aromatic rings. The van der Waals surface area contributed by atoms with Crippen molar-refractivity contribution in [2.24, 2.45) is 18.4 Å². The number of carbonyl (C=O) groups excluding carboxylic acids is 1. The lowest BCUT2D eigenvalue weighted by atomic mass is 9.52. The van der Waals surface area contributed by atoms with Crippen LogP contribution >= 0.6 is 0 Å². The fourth-order valence-corrected chi connectivity index (χ4v) is 5.39. The number of anilines is 1. The summed E-state index contributed by atoms with van der Waals surface area (Å²) in [6, 6.07) is 9.14. The standard InChI is InChI=1S/C23H26N4O2/c1-22(2)17-12-11-15-18(23(17,3)13-16(24-4)19(22)28)26-27(5)20(15)25-21(29)14-9-7-6-8-10-14/h6-10,17,28H,11-13H2,1-3,5H3,(H,25,29)/t17-,23-/m0/s1. The van der Waals surface area contributed by atoms with E-state index < -0.39 is 5.41 Å². The van der Waals surface area contributed by atoms with Gasteiger partial charge in [0.2, 0.25) is 5.70 Å². The second-order valence-corrected chi connectivity index (χ2v) is 8.93. The number of fused-ring (bicyclic) bond motifs is 3. The zero-order chi connectivity index (χ0) is 21.0. The van der Waals surface area contributed by atoms with Gasteiger partial charge in [0, 0.05) is 29.0 Å². The topological polar surface area (TPSA) is 71.5 Å². The second kappa shape index (κ2) is 6.48. The fraction of sp³-hybridized carbons (Fsp3) is 0.435. The molecule has 0 spiro atoms. The van der Waals surface area contributed by atoms with Gasteiger partial charge in [0.1, 0.15) is 11.6 Å². The summed E-state index contributed by atoms with van der Waals surface area (Å²) in [4.78, 5) is 16.4. The molecular weight excluding hydrogens is 364 g/mol. The van der Waals surface area contributed by atoms with E-state index in [1.54, 1.807) is 16.8 Å². The Morgan fingerprint density at radius 2 is 2.00 bits per heavy atom. The number of aromatic nitrogens is 2. The number of aliphatic hydroxyl groups excluding tert-OH is 1. The highest BCUT2D eigenvalue weighted by molar-refractivity contribution is 6.04. The molecule has 1 heterocycles. The Labute approximate surface area is 171 Å². The molecule has 2 atom stereocenters. The van der Waals surface area contributed by atoms with E-state index in [1.807, 2.05) is 39.1 Å². The maximum absolute atomic E-state index is 12.7. The zero-order valence-corrected chi connectivity index (χ0v) is 17.3. The highest BCUT2D eigenvalue weighted by atomic mass is 16.3. The first-order chi connectivity index (χ1) is 13.7. The number of hydrogen-bond donors (Lipinski definition) is 2.